The van der Waals surface area contributed by atoms with E-state index < -0.39 is 0 Å². The van der Waals surface area contributed by atoms with Crippen LogP contribution in [0.3, 0.4) is 0 Å². The van der Waals surface area contributed by atoms with E-state index in [-0.39, 0.29) is 5.56 Å². The second-order valence-corrected chi connectivity index (χ2v) is 8.06. The van der Waals surface area contributed by atoms with E-state index in [0.29, 0.717) is 6.04 Å². The van der Waals surface area contributed by atoms with Gasteiger partial charge in [0.2, 0.25) is 0 Å². The van der Waals surface area contributed by atoms with Crippen LogP contribution in [-0.2, 0) is 0 Å². The molecule has 4 rings (SSSR count). The lowest BCUT2D eigenvalue weighted by Crippen LogP contribution is -2.24. The second-order valence-electron chi connectivity index (χ2n) is 7.06. The summed E-state index contributed by atoms with van der Waals surface area (Å²) in [6.07, 6.45) is 10.8. The number of thiophene rings is 1. The summed E-state index contributed by atoms with van der Waals surface area (Å²) in [4.78, 5) is 25.7. The fourth-order valence-corrected chi connectivity index (χ4v) is 5.23. The molecule has 6 heteroatoms. The van der Waals surface area contributed by atoms with Crippen molar-refractivity contribution in [3.8, 4) is 0 Å². The van der Waals surface area contributed by atoms with Gasteiger partial charge in [0, 0.05) is 25.3 Å². The van der Waals surface area contributed by atoms with Crippen LogP contribution in [-0.4, -0.2) is 27.6 Å². The quantitative estimate of drug-likeness (QED) is 0.622. The summed E-state index contributed by atoms with van der Waals surface area (Å²) >= 11 is 1.49. The van der Waals surface area contributed by atoms with E-state index in [4.69, 9.17) is 4.98 Å². The Balaban J connectivity index is 1.89. The van der Waals surface area contributed by atoms with Gasteiger partial charge in [0.25, 0.3) is 5.56 Å². The van der Waals surface area contributed by atoms with Crippen LogP contribution < -0.4 is 10.5 Å². The van der Waals surface area contributed by atoms with E-state index in [9.17, 15) is 4.79 Å². The van der Waals surface area contributed by atoms with Gasteiger partial charge in [-0.1, -0.05) is 25.7 Å². The molecule has 1 fully saturated rings. The molecule has 0 radical (unpaired) electrons. The third kappa shape index (κ3) is 2.90. The number of rotatable bonds is 4. The van der Waals surface area contributed by atoms with Crippen LogP contribution in [0.2, 0.25) is 0 Å². The summed E-state index contributed by atoms with van der Waals surface area (Å²) in [5.74, 6) is 0. The van der Waals surface area contributed by atoms with Crippen molar-refractivity contribution in [2.75, 3.05) is 18.0 Å². The van der Waals surface area contributed by atoms with Gasteiger partial charge >= 0.3 is 0 Å². The number of nitrogens with zero attached hydrogens (tertiary/aromatic N) is 4. The Hall–Kier alpha value is -1.95. The number of hydrogen-bond acceptors (Lipinski definition) is 5. The molecule has 1 saturated carbocycles. The fourth-order valence-electron chi connectivity index (χ4n) is 4.17. The van der Waals surface area contributed by atoms with Crippen LogP contribution in [0.1, 0.15) is 58.4 Å². The lowest BCUT2D eigenvalue weighted by molar-refractivity contribution is 0.430. The smallest absolute Gasteiger partial charge is 0.271 e. The van der Waals surface area contributed by atoms with Crippen LogP contribution in [0.4, 0.5) is 5.69 Å². The summed E-state index contributed by atoms with van der Waals surface area (Å²) in [6.45, 7) is 6.14. The van der Waals surface area contributed by atoms with Crippen molar-refractivity contribution in [3.05, 3.63) is 28.9 Å². The lowest BCUT2D eigenvalue weighted by Gasteiger charge is -2.21. The summed E-state index contributed by atoms with van der Waals surface area (Å²) in [5.41, 5.74) is 2.05. The summed E-state index contributed by atoms with van der Waals surface area (Å²) in [7, 11) is 0. The molecule has 3 heterocycles. The first-order valence-electron chi connectivity index (χ1n) is 9.77. The van der Waals surface area contributed by atoms with Crippen molar-refractivity contribution < 1.29 is 0 Å². The number of fused-ring (bicyclic) bond motifs is 3. The SMILES string of the molecule is CCN(CC)c1ccnc2sc3c(=O)n(C4CCCCCC4)cnc3c12. The van der Waals surface area contributed by atoms with Crippen LogP contribution in [0.5, 0.6) is 0 Å². The maximum atomic E-state index is 13.2. The summed E-state index contributed by atoms with van der Waals surface area (Å²) in [6, 6.07) is 2.34. The lowest BCUT2D eigenvalue weighted by atomic mass is 10.1. The predicted octanol–water partition coefficient (Wildman–Crippen LogP) is 4.75. The highest BCUT2D eigenvalue weighted by molar-refractivity contribution is 7.25. The Bertz CT molecular complexity index is 965. The minimum absolute atomic E-state index is 0.107. The molecule has 0 atom stereocenters. The Morgan fingerprint density at radius 1 is 1.15 bits per heavy atom. The van der Waals surface area contributed by atoms with E-state index in [1.807, 2.05) is 16.8 Å². The van der Waals surface area contributed by atoms with E-state index >= 15 is 0 Å². The number of pyridine rings is 1. The molecule has 0 aliphatic heterocycles. The molecule has 1 aliphatic carbocycles. The van der Waals surface area contributed by atoms with Gasteiger partial charge in [-0.2, -0.15) is 0 Å². The molecule has 138 valence electrons. The second kappa shape index (κ2) is 7.35. The topological polar surface area (TPSA) is 51.0 Å². The van der Waals surface area contributed by atoms with Gasteiger partial charge in [-0.15, -0.1) is 11.3 Å². The third-order valence-electron chi connectivity index (χ3n) is 5.61. The highest BCUT2D eigenvalue weighted by Crippen LogP contribution is 2.36. The first-order valence-corrected chi connectivity index (χ1v) is 10.6. The normalized spacial score (nSPS) is 16.2. The monoisotopic (exact) mass is 370 g/mol. The van der Waals surface area contributed by atoms with E-state index in [2.05, 4.69) is 23.7 Å². The van der Waals surface area contributed by atoms with Gasteiger partial charge < -0.3 is 4.90 Å². The average Bonchev–Trinajstić information content (AvgIpc) is 2.85. The molecule has 0 unspecified atom stereocenters. The van der Waals surface area contributed by atoms with E-state index in [1.54, 1.807) is 6.33 Å². The van der Waals surface area contributed by atoms with Crippen molar-refractivity contribution in [3.63, 3.8) is 0 Å². The Kier molecular flexibility index (Phi) is 4.94. The summed E-state index contributed by atoms with van der Waals surface area (Å²) in [5, 5.41) is 1.03. The van der Waals surface area contributed by atoms with Gasteiger partial charge in [-0.3, -0.25) is 9.36 Å². The largest absolute Gasteiger partial charge is 0.371 e. The van der Waals surface area contributed by atoms with Gasteiger partial charge in [0.05, 0.1) is 22.9 Å². The molecule has 3 aromatic rings. The minimum Gasteiger partial charge on any atom is -0.371 e. The average molecular weight is 371 g/mol. The highest BCUT2D eigenvalue weighted by atomic mass is 32.1. The van der Waals surface area contributed by atoms with E-state index in [1.165, 1.54) is 37.0 Å². The molecule has 3 aromatic heterocycles. The fraction of sp³-hybridized carbons (Fsp3) is 0.550. The van der Waals surface area contributed by atoms with Gasteiger partial charge in [-0.05, 0) is 32.8 Å². The number of aromatic nitrogens is 3. The number of hydrogen-bond donors (Lipinski definition) is 0. The Morgan fingerprint density at radius 3 is 2.58 bits per heavy atom. The maximum Gasteiger partial charge on any atom is 0.271 e. The van der Waals surface area contributed by atoms with Crippen molar-refractivity contribution >= 4 is 37.5 Å². The molecule has 5 nitrogen and oxygen atoms in total. The van der Waals surface area contributed by atoms with Crippen molar-refractivity contribution in [1.82, 2.24) is 14.5 Å². The molecule has 0 spiro atoms. The van der Waals surface area contributed by atoms with Crippen molar-refractivity contribution in [1.29, 1.82) is 0 Å². The Labute approximate surface area is 157 Å². The molecule has 0 saturated heterocycles. The zero-order chi connectivity index (χ0) is 18.1. The highest BCUT2D eigenvalue weighted by Gasteiger charge is 2.21. The molecule has 0 N–H and O–H groups in total. The summed E-state index contributed by atoms with van der Waals surface area (Å²) < 4.78 is 2.64. The molecular formula is C20H26N4OS. The minimum atomic E-state index is 0.107. The maximum absolute atomic E-state index is 13.2. The zero-order valence-corrected chi connectivity index (χ0v) is 16.4. The zero-order valence-electron chi connectivity index (χ0n) is 15.6. The number of anilines is 1. The van der Waals surface area contributed by atoms with E-state index in [0.717, 1.165) is 52.1 Å². The predicted molar refractivity (Wildman–Crippen MR) is 109 cm³/mol. The van der Waals surface area contributed by atoms with Gasteiger partial charge in [0.1, 0.15) is 9.53 Å². The molecular weight excluding hydrogens is 344 g/mol. The van der Waals surface area contributed by atoms with Crippen LogP contribution in [0, 0.1) is 0 Å². The molecule has 1 aliphatic rings. The molecule has 0 bridgehead atoms. The van der Waals surface area contributed by atoms with Gasteiger partial charge in [0.15, 0.2) is 0 Å². The Morgan fingerprint density at radius 2 is 1.88 bits per heavy atom. The van der Waals surface area contributed by atoms with Crippen LogP contribution in [0.15, 0.2) is 23.4 Å². The third-order valence-corrected chi connectivity index (χ3v) is 6.68. The first kappa shape index (κ1) is 17.5. The van der Waals surface area contributed by atoms with Crippen molar-refractivity contribution in [2.24, 2.45) is 0 Å². The molecule has 0 aromatic carbocycles. The first-order chi connectivity index (χ1) is 12.7. The standard InChI is InChI=1S/C20H26N4OS/c1-3-23(4-2)15-11-12-21-19-16(15)17-18(26-19)20(25)24(13-22-17)14-9-7-5-6-8-10-14/h11-14H,3-10H2,1-2H3. The molecule has 0 amide bonds. The van der Waals surface area contributed by atoms with Crippen LogP contribution in [0.25, 0.3) is 20.4 Å². The molecule has 26 heavy (non-hydrogen) atoms. The van der Waals surface area contributed by atoms with Crippen molar-refractivity contribution in [2.45, 2.75) is 58.4 Å². The van der Waals surface area contributed by atoms with Gasteiger partial charge in [-0.25, -0.2) is 9.97 Å². The van der Waals surface area contributed by atoms with Crippen LogP contribution >= 0.6 is 11.3 Å².